The third-order valence-electron chi connectivity index (χ3n) is 2.79. The molecule has 0 atom stereocenters. The molecule has 0 spiro atoms. The lowest BCUT2D eigenvalue weighted by molar-refractivity contribution is 0.102. The van der Waals surface area contributed by atoms with Crippen LogP contribution in [0.15, 0.2) is 36.4 Å². The number of hydrogen-bond acceptors (Lipinski definition) is 2. The molecule has 2 N–H and O–H groups in total. The van der Waals surface area contributed by atoms with Crippen LogP contribution >= 0.6 is 23.2 Å². The second-order valence-corrected chi connectivity index (χ2v) is 5.11. The van der Waals surface area contributed by atoms with E-state index in [2.05, 4.69) is 10.6 Å². The lowest BCUT2D eigenvalue weighted by atomic mass is 10.1. The van der Waals surface area contributed by atoms with Gasteiger partial charge in [0.15, 0.2) is 0 Å². The average Bonchev–Trinajstić information content (AvgIpc) is 2.45. The van der Waals surface area contributed by atoms with Crippen molar-refractivity contribution in [2.45, 2.75) is 6.92 Å². The minimum Gasteiger partial charge on any atom is -0.385 e. The minimum absolute atomic E-state index is 0.0495. The fourth-order valence-corrected chi connectivity index (χ4v) is 2.23. The van der Waals surface area contributed by atoms with E-state index in [0.717, 1.165) is 0 Å². The molecule has 0 saturated heterocycles. The molecule has 3 nitrogen and oxygen atoms in total. The number of para-hydroxylation sites is 1. The van der Waals surface area contributed by atoms with Crippen molar-refractivity contribution in [2.24, 2.45) is 0 Å². The first-order valence-electron chi connectivity index (χ1n) is 6.31. The van der Waals surface area contributed by atoms with Crippen LogP contribution in [0.5, 0.6) is 0 Å². The predicted molar refractivity (Wildman–Crippen MR) is 85.0 cm³/mol. The number of carbonyl (C=O) groups excluding carboxylic acids is 1. The van der Waals surface area contributed by atoms with Gasteiger partial charge < -0.3 is 10.6 Å². The number of amides is 1. The Morgan fingerprint density at radius 1 is 1.24 bits per heavy atom. The first-order chi connectivity index (χ1) is 10.0. The van der Waals surface area contributed by atoms with Crippen LogP contribution in [0.3, 0.4) is 0 Å². The Morgan fingerprint density at radius 3 is 2.67 bits per heavy atom. The molecule has 0 radical (unpaired) electrons. The topological polar surface area (TPSA) is 41.1 Å². The highest BCUT2D eigenvalue weighted by Gasteiger charge is 2.15. The maximum absolute atomic E-state index is 13.7. The van der Waals surface area contributed by atoms with Crippen molar-refractivity contribution < 1.29 is 9.18 Å². The smallest absolute Gasteiger partial charge is 0.257 e. The normalized spacial score (nSPS) is 10.3. The maximum Gasteiger partial charge on any atom is 0.257 e. The van der Waals surface area contributed by atoms with Gasteiger partial charge in [-0.3, -0.25) is 4.79 Å². The van der Waals surface area contributed by atoms with E-state index in [4.69, 9.17) is 23.2 Å². The summed E-state index contributed by atoms with van der Waals surface area (Å²) in [5.74, 6) is -1.08. The van der Waals surface area contributed by atoms with E-state index in [-0.39, 0.29) is 10.7 Å². The Hall–Kier alpha value is -1.78. The maximum atomic E-state index is 13.7. The lowest BCUT2D eigenvalue weighted by Crippen LogP contribution is -2.16. The van der Waals surface area contributed by atoms with Crippen LogP contribution in [0.4, 0.5) is 15.8 Å². The monoisotopic (exact) mass is 326 g/mol. The second kappa shape index (κ2) is 6.78. The quantitative estimate of drug-likeness (QED) is 0.845. The number of rotatable bonds is 4. The highest BCUT2D eigenvalue weighted by molar-refractivity contribution is 6.34. The Balaban J connectivity index is 2.34. The number of nitrogens with one attached hydrogen (secondary N) is 2. The van der Waals surface area contributed by atoms with E-state index in [1.54, 1.807) is 12.1 Å². The molecule has 0 aromatic heterocycles. The number of hydrogen-bond donors (Lipinski definition) is 2. The van der Waals surface area contributed by atoms with Gasteiger partial charge in [0, 0.05) is 17.3 Å². The predicted octanol–water partition coefficient (Wildman–Crippen LogP) is 4.82. The van der Waals surface area contributed by atoms with Gasteiger partial charge in [0.2, 0.25) is 0 Å². The standard InChI is InChI=1S/C15H13Cl2FN2O/c1-2-19-13-7-6-9(16)8-10(13)15(21)20-14-11(17)4-3-5-12(14)18/h3-8,19H,2H2,1H3,(H,20,21). The van der Waals surface area contributed by atoms with E-state index < -0.39 is 11.7 Å². The van der Waals surface area contributed by atoms with Crippen LogP contribution in [0, 0.1) is 5.82 Å². The molecule has 2 aromatic carbocycles. The van der Waals surface area contributed by atoms with E-state index in [9.17, 15) is 9.18 Å². The van der Waals surface area contributed by atoms with E-state index in [0.29, 0.717) is 22.8 Å². The third-order valence-corrected chi connectivity index (χ3v) is 3.34. The molecule has 110 valence electrons. The molecule has 0 aliphatic heterocycles. The first kappa shape index (κ1) is 15.6. The molecule has 0 heterocycles. The summed E-state index contributed by atoms with van der Waals surface area (Å²) >= 11 is 11.8. The number of anilines is 2. The molecular formula is C15H13Cl2FN2O. The van der Waals surface area contributed by atoms with Crippen molar-refractivity contribution in [1.29, 1.82) is 0 Å². The summed E-state index contributed by atoms with van der Waals surface area (Å²) in [5.41, 5.74) is 0.891. The van der Waals surface area contributed by atoms with Crippen molar-refractivity contribution >= 4 is 40.5 Å². The molecule has 2 aromatic rings. The van der Waals surface area contributed by atoms with Crippen molar-refractivity contribution in [3.63, 3.8) is 0 Å². The molecular weight excluding hydrogens is 314 g/mol. The van der Waals surface area contributed by atoms with Gasteiger partial charge in [-0.2, -0.15) is 0 Å². The van der Waals surface area contributed by atoms with Gasteiger partial charge in [-0.05, 0) is 37.3 Å². The van der Waals surface area contributed by atoms with Crippen molar-refractivity contribution in [1.82, 2.24) is 0 Å². The Labute approximate surface area is 132 Å². The molecule has 1 amide bonds. The molecule has 0 aliphatic carbocycles. The van der Waals surface area contributed by atoms with Crippen molar-refractivity contribution in [2.75, 3.05) is 17.2 Å². The highest BCUT2D eigenvalue weighted by Crippen LogP contribution is 2.27. The molecule has 0 fully saturated rings. The SMILES string of the molecule is CCNc1ccc(Cl)cc1C(=O)Nc1c(F)cccc1Cl. The van der Waals surface area contributed by atoms with Crippen LogP contribution in [0.2, 0.25) is 10.0 Å². The van der Waals surface area contributed by atoms with Gasteiger partial charge in [0.25, 0.3) is 5.91 Å². The van der Waals surface area contributed by atoms with E-state index >= 15 is 0 Å². The molecule has 0 bridgehead atoms. The van der Waals surface area contributed by atoms with Crippen molar-refractivity contribution in [3.05, 3.63) is 57.8 Å². The molecule has 0 saturated carbocycles. The largest absolute Gasteiger partial charge is 0.385 e. The zero-order valence-corrected chi connectivity index (χ0v) is 12.7. The summed E-state index contributed by atoms with van der Waals surface area (Å²) in [6, 6.07) is 9.09. The minimum atomic E-state index is -0.595. The summed E-state index contributed by atoms with van der Waals surface area (Å²) in [6.07, 6.45) is 0. The van der Waals surface area contributed by atoms with Gasteiger partial charge in [-0.1, -0.05) is 29.3 Å². The Morgan fingerprint density at radius 2 is 2.00 bits per heavy atom. The third kappa shape index (κ3) is 3.65. The van der Waals surface area contributed by atoms with Gasteiger partial charge in [0.05, 0.1) is 16.3 Å². The van der Waals surface area contributed by atoms with E-state index in [1.807, 2.05) is 6.92 Å². The number of benzene rings is 2. The zero-order valence-electron chi connectivity index (χ0n) is 11.2. The summed E-state index contributed by atoms with van der Waals surface area (Å²) in [5, 5.41) is 6.08. The van der Waals surface area contributed by atoms with Gasteiger partial charge in [0.1, 0.15) is 5.82 Å². The summed E-state index contributed by atoms with van der Waals surface area (Å²) in [4.78, 5) is 12.3. The van der Waals surface area contributed by atoms with Crippen molar-refractivity contribution in [3.8, 4) is 0 Å². The van der Waals surface area contributed by atoms with E-state index in [1.165, 1.54) is 24.3 Å². The fourth-order valence-electron chi connectivity index (χ4n) is 1.85. The fraction of sp³-hybridized carbons (Fsp3) is 0.133. The van der Waals surface area contributed by atoms with Crippen LogP contribution in [0.25, 0.3) is 0 Å². The Kier molecular flexibility index (Phi) is 5.04. The van der Waals surface area contributed by atoms with Crippen LogP contribution in [-0.2, 0) is 0 Å². The highest BCUT2D eigenvalue weighted by atomic mass is 35.5. The molecule has 2 rings (SSSR count). The summed E-state index contributed by atoms with van der Waals surface area (Å²) < 4.78 is 13.7. The van der Waals surface area contributed by atoms with Crippen LogP contribution < -0.4 is 10.6 Å². The molecule has 0 unspecified atom stereocenters. The molecule has 0 aliphatic rings. The van der Waals surface area contributed by atoms with Gasteiger partial charge in [-0.25, -0.2) is 4.39 Å². The molecule has 21 heavy (non-hydrogen) atoms. The van der Waals surface area contributed by atoms with Crippen LogP contribution in [-0.4, -0.2) is 12.5 Å². The summed E-state index contributed by atoms with van der Waals surface area (Å²) in [7, 11) is 0. The Bertz CT molecular complexity index is 656. The number of halogens is 3. The number of carbonyl (C=O) groups is 1. The molecule has 6 heteroatoms. The lowest BCUT2D eigenvalue weighted by Gasteiger charge is -2.13. The van der Waals surface area contributed by atoms with Gasteiger partial charge in [-0.15, -0.1) is 0 Å². The van der Waals surface area contributed by atoms with Gasteiger partial charge >= 0.3 is 0 Å². The summed E-state index contributed by atoms with van der Waals surface area (Å²) in [6.45, 7) is 2.55. The second-order valence-electron chi connectivity index (χ2n) is 4.27. The first-order valence-corrected chi connectivity index (χ1v) is 7.07. The zero-order chi connectivity index (χ0) is 15.4. The van der Waals surface area contributed by atoms with Crippen LogP contribution in [0.1, 0.15) is 17.3 Å². The average molecular weight is 327 g/mol.